The summed E-state index contributed by atoms with van der Waals surface area (Å²) in [4.78, 5) is 11.2. The van der Waals surface area contributed by atoms with Gasteiger partial charge < -0.3 is 5.11 Å². The summed E-state index contributed by atoms with van der Waals surface area (Å²) in [5.74, 6) is 0.322. The first kappa shape index (κ1) is 13.4. The molecule has 0 aromatic heterocycles. The third-order valence-electron chi connectivity index (χ3n) is 2.23. The van der Waals surface area contributed by atoms with Crippen LogP contribution in [0.25, 0.3) is 0 Å². The van der Waals surface area contributed by atoms with Gasteiger partial charge in [-0.2, -0.15) is 0 Å². The summed E-state index contributed by atoms with van der Waals surface area (Å²) < 4.78 is 0. The molecule has 0 radical (unpaired) electrons. The van der Waals surface area contributed by atoms with Crippen molar-refractivity contribution < 1.29 is 9.90 Å². The largest absolute Gasteiger partial charge is 0.386 e. The van der Waals surface area contributed by atoms with Crippen molar-refractivity contribution in [3.05, 3.63) is 11.6 Å². The molecule has 2 nitrogen and oxygen atoms in total. The molecule has 0 aliphatic rings. The SMILES string of the molecule is CC(C)=CCCC(C)CC(=O)C(C)O. The van der Waals surface area contributed by atoms with Crippen LogP contribution in [0.15, 0.2) is 11.6 Å². The van der Waals surface area contributed by atoms with Gasteiger partial charge in [0.25, 0.3) is 0 Å². The number of carbonyl (C=O) groups is 1. The van der Waals surface area contributed by atoms with Crippen LogP contribution in [0.2, 0.25) is 0 Å². The van der Waals surface area contributed by atoms with Gasteiger partial charge in [-0.1, -0.05) is 18.6 Å². The van der Waals surface area contributed by atoms with Gasteiger partial charge in [0, 0.05) is 6.42 Å². The molecule has 1 N–H and O–H groups in total. The van der Waals surface area contributed by atoms with Gasteiger partial charge in [-0.15, -0.1) is 0 Å². The Bertz CT molecular complexity index is 200. The van der Waals surface area contributed by atoms with E-state index in [1.54, 1.807) is 0 Å². The lowest BCUT2D eigenvalue weighted by Crippen LogP contribution is -2.18. The van der Waals surface area contributed by atoms with Crippen LogP contribution in [-0.2, 0) is 4.79 Å². The van der Waals surface area contributed by atoms with Crippen LogP contribution in [0.1, 0.15) is 47.0 Å². The second-order valence-electron chi connectivity index (χ2n) is 4.31. The van der Waals surface area contributed by atoms with E-state index in [1.807, 2.05) is 0 Å². The van der Waals surface area contributed by atoms with E-state index in [0.29, 0.717) is 12.3 Å². The molecule has 0 rings (SSSR count). The van der Waals surface area contributed by atoms with E-state index in [0.717, 1.165) is 12.8 Å². The molecule has 0 aliphatic carbocycles. The maximum Gasteiger partial charge on any atom is 0.161 e. The smallest absolute Gasteiger partial charge is 0.161 e. The number of hydrogen-bond acceptors (Lipinski definition) is 2. The van der Waals surface area contributed by atoms with Crippen LogP contribution < -0.4 is 0 Å². The van der Waals surface area contributed by atoms with Crippen LogP contribution in [0, 0.1) is 5.92 Å². The summed E-state index contributed by atoms with van der Waals surface area (Å²) >= 11 is 0. The predicted octanol–water partition coefficient (Wildman–Crippen LogP) is 2.71. The topological polar surface area (TPSA) is 37.3 Å². The van der Waals surface area contributed by atoms with Gasteiger partial charge in [0.05, 0.1) is 0 Å². The minimum absolute atomic E-state index is 0.0466. The number of allylic oxidation sites excluding steroid dienone is 2. The maximum absolute atomic E-state index is 11.2. The molecule has 0 aromatic rings. The van der Waals surface area contributed by atoms with Gasteiger partial charge >= 0.3 is 0 Å². The average molecular weight is 198 g/mol. The Morgan fingerprint density at radius 2 is 1.93 bits per heavy atom. The van der Waals surface area contributed by atoms with E-state index < -0.39 is 6.10 Å². The molecule has 2 unspecified atom stereocenters. The number of aliphatic hydroxyl groups excluding tert-OH is 1. The molecule has 0 heterocycles. The molecule has 2 heteroatoms. The molecular weight excluding hydrogens is 176 g/mol. The van der Waals surface area contributed by atoms with Crippen molar-refractivity contribution in [1.82, 2.24) is 0 Å². The first-order chi connectivity index (χ1) is 6.43. The van der Waals surface area contributed by atoms with Crippen LogP contribution in [0.3, 0.4) is 0 Å². The summed E-state index contributed by atoms with van der Waals surface area (Å²) in [6, 6.07) is 0. The monoisotopic (exact) mass is 198 g/mol. The van der Waals surface area contributed by atoms with Crippen molar-refractivity contribution >= 4 is 5.78 Å². The lowest BCUT2D eigenvalue weighted by Gasteiger charge is -2.10. The van der Waals surface area contributed by atoms with Gasteiger partial charge in [0.2, 0.25) is 0 Å². The van der Waals surface area contributed by atoms with Crippen molar-refractivity contribution in [2.24, 2.45) is 5.92 Å². The van der Waals surface area contributed by atoms with Crippen LogP contribution >= 0.6 is 0 Å². The minimum atomic E-state index is -0.805. The molecule has 0 aromatic carbocycles. The molecule has 82 valence electrons. The van der Waals surface area contributed by atoms with Crippen LogP contribution in [0.5, 0.6) is 0 Å². The predicted molar refractivity (Wildman–Crippen MR) is 59.1 cm³/mol. The van der Waals surface area contributed by atoms with Gasteiger partial charge in [0.1, 0.15) is 6.10 Å². The third-order valence-corrected chi connectivity index (χ3v) is 2.23. The average Bonchev–Trinajstić information content (AvgIpc) is 2.02. The minimum Gasteiger partial charge on any atom is -0.386 e. The standard InChI is InChI=1S/C12H22O2/c1-9(2)6-5-7-10(3)8-12(14)11(4)13/h6,10-11,13H,5,7-8H2,1-4H3. The molecule has 0 fully saturated rings. The number of hydrogen-bond donors (Lipinski definition) is 1. The Kier molecular flexibility index (Phi) is 6.46. The zero-order chi connectivity index (χ0) is 11.1. The van der Waals surface area contributed by atoms with E-state index in [2.05, 4.69) is 26.8 Å². The van der Waals surface area contributed by atoms with E-state index in [-0.39, 0.29) is 5.78 Å². The number of Topliss-reactive ketones (excluding diaryl/α,β-unsaturated/α-hetero) is 1. The molecule has 0 spiro atoms. The Morgan fingerprint density at radius 1 is 1.36 bits per heavy atom. The fourth-order valence-electron chi connectivity index (χ4n) is 1.27. The summed E-state index contributed by atoms with van der Waals surface area (Å²) in [5.41, 5.74) is 1.32. The van der Waals surface area contributed by atoms with Gasteiger partial charge in [-0.05, 0) is 39.5 Å². The zero-order valence-electron chi connectivity index (χ0n) is 9.71. The lowest BCUT2D eigenvalue weighted by atomic mass is 9.97. The highest BCUT2D eigenvalue weighted by atomic mass is 16.3. The molecule has 0 bridgehead atoms. The first-order valence-corrected chi connectivity index (χ1v) is 5.27. The van der Waals surface area contributed by atoms with E-state index in [1.165, 1.54) is 12.5 Å². The normalized spacial score (nSPS) is 14.6. The highest BCUT2D eigenvalue weighted by molar-refractivity contribution is 5.82. The Morgan fingerprint density at radius 3 is 2.36 bits per heavy atom. The lowest BCUT2D eigenvalue weighted by molar-refractivity contribution is -0.127. The van der Waals surface area contributed by atoms with Crippen molar-refractivity contribution in [2.45, 2.75) is 53.1 Å². The number of ketones is 1. The van der Waals surface area contributed by atoms with E-state index in [9.17, 15) is 4.79 Å². The second kappa shape index (κ2) is 6.77. The van der Waals surface area contributed by atoms with Gasteiger partial charge in [0.15, 0.2) is 5.78 Å². The molecule has 14 heavy (non-hydrogen) atoms. The fraction of sp³-hybridized carbons (Fsp3) is 0.750. The molecule has 0 saturated heterocycles. The summed E-state index contributed by atoms with van der Waals surface area (Å²) in [5, 5.41) is 9.02. The maximum atomic E-state index is 11.2. The highest BCUT2D eigenvalue weighted by Crippen LogP contribution is 2.13. The van der Waals surface area contributed by atoms with Crippen LogP contribution in [0.4, 0.5) is 0 Å². The van der Waals surface area contributed by atoms with E-state index >= 15 is 0 Å². The summed E-state index contributed by atoms with van der Waals surface area (Å²) in [6.07, 6.45) is 3.92. The molecule has 0 saturated carbocycles. The number of rotatable bonds is 6. The first-order valence-electron chi connectivity index (χ1n) is 5.27. The third kappa shape index (κ3) is 6.84. The Hall–Kier alpha value is -0.630. The van der Waals surface area contributed by atoms with Gasteiger partial charge in [-0.25, -0.2) is 0 Å². The quantitative estimate of drug-likeness (QED) is 0.666. The molecule has 0 aliphatic heterocycles. The molecule has 2 atom stereocenters. The fourth-order valence-corrected chi connectivity index (χ4v) is 1.27. The highest BCUT2D eigenvalue weighted by Gasteiger charge is 2.12. The Balaban J connectivity index is 3.71. The molecule has 0 amide bonds. The Labute approximate surface area is 87.0 Å². The number of carbonyl (C=O) groups excluding carboxylic acids is 1. The summed E-state index contributed by atoms with van der Waals surface area (Å²) in [6.45, 7) is 7.74. The van der Waals surface area contributed by atoms with E-state index in [4.69, 9.17) is 5.11 Å². The van der Waals surface area contributed by atoms with Crippen molar-refractivity contribution in [3.8, 4) is 0 Å². The number of aliphatic hydroxyl groups is 1. The van der Waals surface area contributed by atoms with Gasteiger partial charge in [-0.3, -0.25) is 4.79 Å². The van der Waals surface area contributed by atoms with Crippen LogP contribution in [-0.4, -0.2) is 17.0 Å². The van der Waals surface area contributed by atoms with Crippen molar-refractivity contribution in [1.29, 1.82) is 0 Å². The molecular formula is C12H22O2. The van der Waals surface area contributed by atoms with Crippen molar-refractivity contribution in [3.63, 3.8) is 0 Å². The zero-order valence-corrected chi connectivity index (χ0v) is 9.71. The second-order valence-corrected chi connectivity index (χ2v) is 4.31. The summed E-state index contributed by atoms with van der Waals surface area (Å²) in [7, 11) is 0. The van der Waals surface area contributed by atoms with Crippen molar-refractivity contribution in [2.75, 3.05) is 0 Å².